The van der Waals surface area contributed by atoms with Crippen molar-refractivity contribution in [3.63, 3.8) is 0 Å². The molecule has 2 N–H and O–H groups in total. The summed E-state index contributed by atoms with van der Waals surface area (Å²) < 4.78 is 5.73. The maximum absolute atomic E-state index is 13.7. The Hall–Kier alpha value is -3.39. The van der Waals surface area contributed by atoms with E-state index in [4.69, 9.17) is 10.2 Å². The Morgan fingerprint density at radius 3 is 2.43 bits per heavy atom. The zero-order valence-corrected chi connectivity index (χ0v) is 15.1. The van der Waals surface area contributed by atoms with Crippen molar-refractivity contribution in [3.8, 4) is 6.07 Å². The monoisotopic (exact) mass is 370 g/mol. The average Bonchev–Trinajstić information content (AvgIpc) is 3.32. The molecule has 5 rings (SSSR count). The largest absolute Gasteiger partial charge is 0.469 e. The van der Waals surface area contributed by atoms with E-state index in [1.54, 1.807) is 42.7 Å². The minimum Gasteiger partial charge on any atom is -0.469 e. The summed E-state index contributed by atoms with van der Waals surface area (Å²) >= 11 is 0. The minimum atomic E-state index is -1.62. The number of rotatable bonds is 1. The highest BCUT2D eigenvalue weighted by Crippen LogP contribution is 2.60. The van der Waals surface area contributed by atoms with Crippen molar-refractivity contribution in [1.29, 1.82) is 5.26 Å². The van der Waals surface area contributed by atoms with Crippen molar-refractivity contribution in [1.82, 2.24) is 0 Å². The van der Waals surface area contributed by atoms with Crippen LogP contribution >= 0.6 is 0 Å². The van der Waals surface area contributed by atoms with Crippen LogP contribution in [0.4, 0.5) is 0 Å². The topological polar surface area (TPSA) is 97.1 Å². The second-order valence-electron chi connectivity index (χ2n) is 7.60. The first-order valence-corrected chi connectivity index (χ1v) is 9.45. The highest BCUT2D eigenvalue weighted by molar-refractivity contribution is 6.32. The van der Waals surface area contributed by atoms with Gasteiger partial charge in [-0.1, -0.05) is 30.3 Å². The van der Waals surface area contributed by atoms with Crippen LogP contribution in [0, 0.1) is 22.7 Å². The van der Waals surface area contributed by atoms with Gasteiger partial charge in [-0.05, 0) is 42.9 Å². The number of hydrogen-bond donors (Lipinski definition) is 1. The summed E-state index contributed by atoms with van der Waals surface area (Å²) in [6.45, 7) is 0. The van der Waals surface area contributed by atoms with Crippen molar-refractivity contribution < 1.29 is 14.0 Å². The van der Waals surface area contributed by atoms with Crippen LogP contribution < -0.4 is 5.73 Å². The highest BCUT2D eigenvalue weighted by atomic mass is 16.3. The molecule has 2 unspecified atom stereocenters. The summed E-state index contributed by atoms with van der Waals surface area (Å²) in [7, 11) is 0. The zero-order valence-electron chi connectivity index (χ0n) is 15.1. The normalized spacial score (nSPS) is 25.3. The lowest BCUT2D eigenvalue weighted by Crippen LogP contribution is -2.51. The van der Waals surface area contributed by atoms with Gasteiger partial charge in [-0.25, -0.2) is 0 Å². The first-order chi connectivity index (χ1) is 13.6. The van der Waals surface area contributed by atoms with Crippen molar-refractivity contribution in [2.75, 3.05) is 0 Å². The average molecular weight is 370 g/mol. The SMILES string of the molecule is N#CC1=C(N)C2(C(=O)c3ccccc3C2=O)C(c2ccco2)C2CCCC=C12. The van der Waals surface area contributed by atoms with E-state index >= 15 is 0 Å². The van der Waals surface area contributed by atoms with E-state index in [0.29, 0.717) is 16.9 Å². The molecule has 0 saturated carbocycles. The van der Waals surface area contributed by atoms with Crippen molar-refractivity contribution in [2.45, 2.75) is 25.2 Å². The van der Waals surface area contributed by atoms with Crippen LogP contribution in [0.5, 0.6) is 0 Å². The molecule has 1 aromatic heterocycles. The number of nitriles is 1. The van der Waals surface area contributed by atoms with Gasteiger partial charge in [-0.15, -0.1) is 0 Å². The molecule has 1 spiro atoms. The molecule has 2 aromatic rings. The fraction of sp³-hybridized carbons (Fsp3) is 0.261. The lowest BCUT2D eigenvalue weighted by atomic mass is 9.55. The third kappa shape index (κ3) is 1.85. The Labute approximate surface area is 162 Å². The number of nitrogens with two attached hydrogens (primary N) is 1. The second kappa shape index (κ2) is 5.80. The van der Waals surface area contributed by atoms with Crippen LogP contribution in [0.1, 0.15) is 51.7 Å². The van der Waals surface area contributed by atoms with Gasteiger partial charge in [0.2, 0.25) is 0 Å². The molecular weight excluding hydrogens is 352 g/mol. The molecule has 1 heterocycles. The molecule has 0 amide bonds. The van der Waals surface area contributed by atoms with Gasteiger partial charge in [0.15, 0.2) is 11.6 Å². The molecule has 2 atom stereocenters. The van der Waals surface area contributed by atoms with Crippen LogP contribution in [0.15, 0.2) is 70.0 Å². The number of benzene rings is 1. The Bertz CT molecular complexity index is 1080. The number of Topliss-reactive ketones (excluding diaryl/α,β-unsaturated/α-hetero) is 2. The Morgan fingerprint density at radius 1 is 1.11 bits per heavy atom. The van der Waals surface area contributed by atoms with E-state index in [9.17, 15) is 14.9 Å². The molecule has 3 aliphatic rings. The Kier molecular flexibility index (Phi) is 3.47. The maximum Gasteiger partial charge on any atom is 0.184 e. The summed E-state index contributed by atoms with van der Waals surface area (Å²) in [5, 5.41) is 9.88. The van der Waals surface area contributed by atoms with Gasteiger partial charge in [0.05, 0.1) is 11.8 Å². The number of nitrogens with zero attached hydrogens (tertiary/aromatic N) is 1. The third-order valence-electron chi connectivity index (χ3n) is 6.43. The van der Waals surface area contributed by atoms with Gasteiger partial charge in [-0.3, -0.25) is 9.59 Å². The van der Waals surface area contributed by atoms with Crippen molar-refractivity contribution in [2.24, 2.45) is 17.1 Å². The van der Waals surface area contributed by atoms with Gasteiger partial charge < -0.3 is 10.2 Å². The lowest BCUT2D eigenvalue weighted by molar-refractivity contribution is 0.0639. The first-order valence-electron chi connectivity index (χ1n) is 9.45. The molecule has 1 aromatic carbocycles. The number of fused-ring (bicyclic) bond motifs is 2. The predicted molar refractivity (Wildman–Crippen MR) is 101 cm³/mol. The lowest BCUT2D eigenvalue weighted by Gasteiger charge is -2.45. The molecule has 0 aliphatic heterocycles. The van der Waals surface area contributed by atoms with E-state index in [1.165, 1.54) is 0 Å². The van der Waals surface area contributed by atoms with Gasteiger partial charge >= 0.3 is 0 Å². The highest BCUT2D eigenvalue weighted by Gasteiger charge is 2.65. The summed E-state index contributed by atoms with van der Waals surface area (Å²) in [6.07, 6.45) is 6.12. The van der Waals surface area contributed by atoms with E-state index in [2.05, 4.69) is 6.07 Å². The van der Waals surface area contributed by atoms with Crippen molar-refractivity contribution in [3.05, 3.63) is 82.5 Å². The molecule has 5 nitrogen and oxygen atoms in total. The van der Waals surface area contributed by atoms with E-state index in [-0.39, 0.29) is 28.8 Å². The van der Waals surface area contributed by atoms with Crippen LogP contribution in [-0.2, 0) is 0 Å². The van der Waals surface area contributed by atoms with E-state index in [1.807, 2.05) is 6.08 Å². The van der Waals surface area contributed by atoms with Crippen LogP contribution in [0.2, 0.25) is 0 Å². The fourth-order valence-electron chi connectivity index (χ4n) is 5.30. The van der Waals surface area contributed by atoms with E-state index < -0.39 is 11.3 Å². The molecule has 28 heavy (non-hydrogen) atoms. The second-order valence-corrected chi connectivity index (χ2v) is 7.60. The standard InChI is InChI=1S/C23H18N2O3/c24-12-17-13-6-1-2-7-14(13)19(18-10-5-11-28-18)23(20(17)25)21(26)15-8-3-4-9-16(15)22(23)27/h3-6,8-11,14,19H,1-2,7,25H2. The smallest absolute Gasteiger partial charge is 0.184 e. The van der Waals surface area contributed by atoms with Crippen LogP contribution in [0.3, 0.4) is 0 Å². The summed E-state index contributed by atoms with van der Waals surface area (Å²) in [5.41, 5.74) is 6.83. The van der Waals surface area contributed by atoms with Gasteiger partial charge in [0.25, 0.3) is 0 Å². The molecule has 0 saturated heterocycles. The number of hydrogen-bond acceptors (Lipinski definition) is 5. The molecule has 0 fully saturated rings. The minimum absolute atomic E-state index is 0.0620. The molecular formula is C23H18N2O3. The van der Waals surface area contributed by atoms with Crippen molar-refractivity contribution >= 4 is 11.6 Å². The third-order valence-corrected chi connectivity index (χ3v) is 6.43. The number of furan rings is 1. The zero-order chi connectivity index (χ0) is 19.5. The molecule has 138 valence electrons. The number of ketones is 2. The first kappa shape index (κ1) is 16.8. The predicted octanol–water partition coefficient (Wildman–Crippen LogP) is 3.91. The van der Waals surface area contributed by atoms with Gasteiger partial charge in [0.1, 0.15) is 17.2 Å². The molecule has 0 bridgehead atoms. The van der Waals surface area contributed by atoms with Crippen LogP contribution in [-0.4, -0.2) is 11.6 Å². The summed E-state index contributed by atoms with van der Waals surface area (Å²) in [6, 6.07) is 12.5. The number of allylic oxidation sites excluding steroid dienone is 4. The quantitative estimate of drug-likeness (QED) is 0.768. The Balaban J connectivity index is 1.88. The van der Waals surface area contributed by atoms with Gasteiger partial charge in [0, 0.05) is 22.7 Å². The Morgan fingerprint density at radius 2 is 1.82 bits per heavy atom. The molecule has 0 radical (unpaired) electrons. The number of carbonyl (C=O) groups excluding carboxylic acids is 2. The van der Waals surface area contributed by atoms with E-state index in [0.717, 1.165) is 24.8 Å². The fourth-order valence-corrected chi connectivity index (χ4v) is 5.30. The summed E-state index contributed by atoms with van der Waals surface area (Å²) in [4.78, 5) is 27.5. The summed E-state index contributed by atoms with van der Waals surface area (Å²) in [5.74, 6) is -0.816. The van der Waals surface area contributed by atoms with Gasteiger partial charge in [-0.2, -0.15) is 5.26 Å². The number of carbonyl (C=O) groups is 2. The molecule has 3 aliphatic carbocycles. The maximum atomic E-state index is 13.7. The molecule has 5 heteroatoms. The van der Waals surface area contributed by atoms with Crippen LogP contribution in [0.25, 0.3) is 0 Å².